The summed E-state index contributed by atoms with van der Waals surface area (Å²) in [5, 5.41) is 21.5. The van der Waals surface area contributed by atoms with Crippen LogP contribution in [0.3, 0.4) is 0 Å². The Morgan fingerprint density at radius 3 is 2.50 bits per heavy atom. The van der Waals surface area contributed by atoms with Gasteiger partial charge in [-0.15, -0.1) is 0 Å². The zero-order chi connectivity index (χ0) is 13.9. The second kappa shape index (κ2) is 5.26. The third kappa shape index (κ3) is 3.27. The van der Waals surface area contributed by atoms with Crippen LogP contribution in [0, 0.1) is 17.0 Å². The van der Waals surface area contributed by atoms with Crippen molar-refractivity contribution >= 4 is 17.6 Å². The molecule has 0 bridgehead atoms. The minimum absolute atomic E-state index is 0.0646. The van der Waals surface area contributed by atoms with Gasteiger partial charge in [0.05, 0.1) is 4.92 Å². The number of hydrogen-bond donors (Lipinski definition) is 2. The lowest BCUT2D eigenvalue weighted by molar-refractivity contribution is -0.384. The summed E-state index contributed by atoms with van der Waals surface area (Å²) < 4.78 is 0. The molecule has 1 rings (SSSR count). The molecule has 0 saturated heterocycles. The van der Waals surface area contributed by atoms with Gasteiger partial charge in [-0.2, -0.15) is 0 Å². The van der Waals surface area contributed by atoms with Gasteiger partial charge in [0.15, 0.2) is 0 Å². The molecule has 0 radical (unpaired) electrons. The smallest absolute Gasteiger partial charge is 0.325 e. The third-order valence-corrected chi connectivity index (χ3v) is 2.25. The van der Waals surface area contributed by atoms with Crippen molar-refractivity contribution in [1.82, 2.24) is 5.32 Å². The normalized spacial score (nSPS) is 11.7. The summed E-state index contributed by atoms with van der Waals surface area (Å²) in [5.41, 5.74) is 0.412. The zero-order valence-corrected chi connectivity index (χ0v) is 9.84. The Bertz CT molecular complexity index is 512. The van der Waals surface area contributed by atoms with Gasteiger partial charge in [0, 0.05) is 17.7 Å². The van der Waals surface area contributed by atoms with Gasteiger partial charge in [0.2, 0.25) is 0 Å². The maximum absolute atomic E-state index is 11.7. The van der Waals surface area contributed by atoms with Crippen molar-refractivity contribution in [3.05, 3.63) is 39.4 Å². The van der Waals surface area contributed by atoms with E-state index in [1.165, 1.54) is 19.1 Å². The molecule has 1 aromatic rings. The van der Waals surface area contributed by atoms with Gasteiger partial charge in [-0.25, -0.2) is 0 Å². The minimum Gasteiger partial charge on any atom is -0.480 e. The van der Waals surface area contributed by atoms with Gasteiger partial charge >= 0.3 is 5.97 Å². The number of benzene rings is 1. The van der Waals surface area contributed by atoms with Gasteiger partial charge in [-0.1, -0.05) is 0 Å². The van der Waals surface area contributed by atoms with Crippen LogP contribution < -0.4 is 5.32 Å². The number of aryl methyl sites for hydroxylation is 1. The molecule has 96 valence electrons. The average molecular weight is 252 g/mol. The van der Waals surface area contributed by atoms with Crippen LogP contribution in [0.1, 0.15) is 22.8 Å². The van der Waals surface area contributed by atoms with Crippen molar-refractivity contribution < 1.29 is 19.6 Å². The molecule has 18 heavy (non-hydrogen) atoms. The molecule has 0 aliphatic heterocycles. The number of nitrogens with one attached hydrogen (secondary N) is 1. The lowest BCUT2D eigenvalue weighted by Gasteiger charge is -2.09. The Morgan fingerprint density at radius 1 is 1.39 bits per heavy atom. The monoisotopic (exact) mass is 252 g/mol. The SMILES string of the molecule is Cc1cc(C(=O)NC(C)C(=O)O)cc([N+](=O)[O-])c1. The molecule has 0 aliphatic carbocycles. The van der Waals surface area contributed by atoms with E-state index in [-0.39, 0.29) is 11.3 Å². The van der Waals surface area contributed by atoms with Gasteiger partial charge in [-0.05, 0) is 25.5 Å². The summed E-state index contributed by atoms with van der Waals surface area (Å²) in [6.45, 7) is 2.93. The molecule has 7 heteroatoms. The number of hydrogen-bond acceptors (Lipinski definition) is 4. The fourth-order valence-corrected chi connectivity index (χ4v) is 1.34. The van der Waals surface area contributed by atoms with Crippen molar-refractivity contribution in [2.75, 3.05) is 0 Å². The van der Waals surface area contributed by atoms with E-state index in [1.54, 1.807) is 6.92 Å². The highest BCUT2D eigenvalue weighted by atomic mass is 16.6. The topological polar surface area (TPSA) is 110 Å². The lowest BCUT2D eigenvalue weighted by Crippen LogP contribution is -2.38. The van der Waals surface area contributed by atoms with E-state index in [2.05, 4.69) is 5.32 Å². The van der Waals surface area contributed by atoms with E-state index in [4.69, 9.17) is 5.11 Å². The van der Waals surface area contributed by atoms with E-state index in [0.29, 0.717) is 5.56 Å². The van der Waals surface area contributed by atoms with Crippen LogP contribution in [0.25, 0.3) is 0 Å². The summed E-state index contributed by atoms with van der Waals surface area (Å²) in [4.78, 5) is 32.3. The molecule has 0 aliphatic rings. The first kappa shape index (κ1) is 13.6. The summed E-state index contributed by atoms with van der Waals surface area (Å²) in [6, 6.07) is 2.84. The number of nitro groups is 1. The van der Waals surface area contributed by atoms with Gasteiger partial charge in [0.1, 0.15) is 6.04 Å². The molecule has 0 heterocycles. The number of nitro benzene ring substituents is 1. The first-order valence-corrected chi connectivity index (χ1v) is 5.11. The number of nitrogens with zero attached hydrogens (tertiary/aromatic N) is 1. The predicted molar refractivity (Wildman–Crippen MR) is 62.4 cm³/mol. The fraction of sp³-hybridized carbons (Fsp3) is 0.273. The summed E-state index contributed by atoms with van der Waals surface area (Å²) in [5.74, 6) is -1.83. The molecule has 0 fully saturated rings. The number of amides is 1. The maximum Gasteiger partial charge on any atom is 0.325 e. The Kier molecular flexibility index (Phi) is 3.98. The highest BCUT2D eigenvalue weighted by molar-refractivity contribution is 5.97. The first-order chi connectivity index (χ1) is 8.31. The largest absolute Gasteiger partial charge is 0.480 e. The highest BCUT2D eigenvalue weighted by Gasteiger charge is 2.17. The van der Waals surface area contributed by atoms with Crippen LogP contribution >= 0.6 is 0 Å². The molecular formula is C11H12N2O5. The first-order valence-electron chi connectivity index (χ1n) is 5.11. The van der Waals surface area contributed by atoms with E-state index in [0.717, 1.165) is 6.07 Å². The Balaban J connectivity index is 2.99. The quantitative estimate of drug-likeness (QED) is 0.616. The standard InChI is InChI=1S/C11H12N2O5/c1-6-3-8(5-9(4-6)13(17)18)10(14)12-7(2)11(15)16/h3-5,7H,1-2H3,(H,12,14)(H,15,16). The molecular weight excluding hydrogens is 240 g/mol. The Labute approximate surface area is 103 Å². The third-order valence-electron chi connectivity index (χ3n) is 2.25. The fourth-order valence-electron chi connectivity index (χ4n) is 1.34. The molecule has 1 unspecified atom stereocenters. The van der Waals surface area contributed by atoms with Crippen LogP contribution in [0.2, 0.25) is 0 Å². The molecule has 1 atom stereocenters. The Hall–Kier alpha value is -2.44. The van der Waals surface area contributed by atoms with Gasteiger partial charge < -0.3 is 10.4 Å². The van der Waals surface area contributed by atoms with E-state index < -0.39 is 22.8 Å². The van der Waals surface area contributed by atoms with E-state index >= 15 is 0 Å². The number of aliphatic carboxylic acids is 1. The van der Waals surface area contributed by atoms with Crippen molar-refractivity contribution in [1.29, 1.82) is 0 Å². The van der Waals surface area contributed by atoms with Crippen LogP contribution in [0.5, 0.6) is 0 Å². The highest BCUT2D eigenvalue weighted by Crippen LogP contribution is 2.16. The second-order valence-electron chi connectivity index (χ2n) is 3.85. The maximum atomic E-state index is 11.7. The van der Waals surface area contributed by atoms with Gasteiger partial charge in [0.25, 0.3) is 11.6 Å². The van der Waals surface area contributed by atoms with Crippen LogP contribution in [0.15, 0.2) is 18.2 Å². The number of carboxylic acid groups (broad SMARTS) is 1. The molecule has 0 aromatic heterocycles. The summed E-state index contributed by atoms with van der Waals surface area (Å²) in [6.07, 6.45) is 0. The number of carbonyl (C=O) groups is 2. The van der Waals surface area contributed by atoms with E-state index in [1.807, 2.05) is 0 Å². The van der Waals surface area contributed by atoms with Crippen molar-refractivity contribution in [2.24, 2.45) is 0 Å². The average Bonchev–Trinajstić information content (AvgIpc) is 2.27. The van der Waals surface area contributed by atoms with Crippen molar-refractivity contribution in [3.8, 4) is 0 Å². The summed E-state index contributed by atoms with van der Waals surface area (Å²) in [7, 11) is 0. The number of carbonyl (C=O) groups excluding carboxylic acids is 1. The van der Waals surface area contributed by atoms with Crippen molar-refractivity contribution in [3.63, 3.8) is 0 Å². The van der Waals surface area contributed by atoms with Crippen LogP contribution in [0.4, 0.5) is 5.69 Å². The van der Waals surface area contributed by atoms with Crippen LogP contribution in [-0.4, -0.2) is 27.9 Å². The predicted octanol–water partition coefficient (Wildman–Crippen LogP) is 1.11. The molecule has 0 saturated carbocycles. The van der Waals surface area contributed by atoms with Crippen molar-refractivity contribution in [2.45, 2.75) is 19.9 Å². The molecule has 1 amide bonds. The Morgan fingerprint density at radius 2 is 2.00 bits per heavy atom. The number of rotatable bonds is 4. The second-order valence-corrected chi connectivity index (χ2v) is 3.85. The van der Waals surface area contributed by atoms with Gasteiger partial charge in [-0.3, -0.25) is 19.7 Å². The number of carboxylic acids is 1. The molecule has 0 spiro atoms. The lowest BCUT2D eigenvalue weighted by atomic mass is 10.1. The van der Waals surface area contributed by atoms with E-state index in [9.17, 15) is 19.7 Å². The molecule has 2 N–H and O–H groups in total. The number of non-ortho nitro benzene ring substituents is 1. The summed E-state index contributed by atoms with van der Waals surface area (Å²) >= 11 is 0. The zero-order valence-electron chi connectivity index (χ0n) is 9.84. The van der Waals surface area contributed by atoms with Crippen LogP contribution in [-0.2, 0) is 4.79 Å². The minimum atomic E-state index is -1.18. The molecule has 1 aromatic carbocycles. The molecule has 7 nitrogen and oxygen atoms in total.